The molecule has 0 saturated heterocycles. The highest BCUT2D eigenvalue weighted by Gasteiger charge is 2.42. The Bertz CT molecular complexity index is 544. The molecule has 8 heteroatoms. The highest BCUT2D eigenvalue weighted by Crippen LogP contribution is 2.30. The van der Waals surface area contributed by atoms with E-state index in [0.717, 1.165) is 19.3 Å². The normalized spacial score (nSPS) is 26.1. The van der Waals surface area contributed by atoms with E-state index in [9.17, 15) is 14.4 Å². The Labute approximate surface area is 141 Å². The van der Waals surface area contributed by atoms with Gasteiger partial charge in [-0.25, -0.2) is 4.79 Å². The molecular formula is C16H25N3O5. The third kappa shape index (κ3) is 4.47. The first kappa shape index (κ1) is 18.3. The number of carboxylic acid groups (broad SMARTS) is 1. The summed E-state index contributed by atoms with van der Waals surface area (Å²) < 4.78 is 5.40. The zero-order valence-corrected chi connectivity index (χ0v) is 14.0. The van der Waals surface area contributed by atoms with Crippen LogP contribution in [0, 0.1) is 5.92 Å². The summed E-state index contributed by atoms with van der Waals surface area (Å²) >= 11 is 0. The van der Waals surface area contributed by atoms with Crippen molar-refractivity contribution in [3.8, 4) is 0 Å². The van der Waals surface area contributed by atoms with Crippen molar-refractivity contribution in [2.75, 3.05) is 13.1 Å². The molecule has 24 heavy (non-hydrogen) atoms. The summed E-state index contributed by atoms with van der Waals surface area (Å²) in [6, 6.07) is -1.61. The molecule has 2 rings (SSSR count). The fraction of sp³-hybridized carbons (Fsp3) is 0.688. The number of nitrogens with one attached hydrogen (secondary N) is 1. The smallest absolute Gasteiger partial charge is 0.370 e. The summed E-state index contributed by atoms with van der Waals surface area (Å²) in [6.07, 6.45) is 3.05. The van der Waals surface area contributed by atoms with E-state index in [1.807, 2.05) is 6.92 Å². The molecule has 0 radical (unpaired) electrons. The average Bonchev–Trinajstić information content (AvgIpc) is 3.31. The molecule has 0 spiro atoms. The van der Waals surface area contributed by atoms with E-state index >= 15 is 0 Å². The predicted molar refractivity (Wildman–Crippen MR) is 85.8 cm³/mol. The van der Waals surface area contributed by atoms with Gasteiger partial charge in [-0.15, -0.1) is 0 Å². The summed E-state index contributed by atoms with van der Waals surface area (Å²) in [4.78, 5) is 37.3. The molecule has 1 saturated carbocycles. The monoisotopic (exact) mass is 339 g/mol. The fourth-order valence-corrected chi connectivity index (χ4v) is 2.82. The van der Waals surface area contributed by atoms with Gasteiger partial charge in [-0.05, 0) is 31.3 Å². The first-order valence-corrected chi connectivity index (χ1v) is 8.26. The first-order chi connectivity index (χ1) is 11.3. The predicted octanol–water partition coefficient (Wildman–Crippen LogP) is -0.166. The number of nitrogens with two attached hydrogens (primary N) is 1. The van der Waals surface area contributed by atoms with Gasteiger partial charge in [-0.2, -0.15) is 0 Å². The minimum Gasteiger partial charge on any atom is -0.475 e. The van der Waals surface area contributed by atoms with Crippen LogP contribution < -0.4 is 11.1 Å². The van der Waals surface area contributed by atoms with Crippen molar-refractivity contribution in [2.45, 2.75) is 51.3 Å². The molecule has 0 aromatic carbocycles. The Morgan fingerprint density at radius 2 is 2.08 bits per heavy atom. The van der Waals surface area contributed by atoms with Gasteiger partial charge < -0.3 is 25.8 Å². The lowest BCUT2D eigenvalue weighted by Crippen LogP contribution is -2.61. The van der Waals surface area contributed by atoms with Crippen molar-refractivity contribution in [3.05, 3.63) is 11.8 Å². The largest absolute Gasteiger partial charge is 0.475 e. The lowest BCUT2D eigenvalue weighted by molar-refractivity contribution is -0.149. The van der Waals surface area contributed by atoms with Crippen molar-refractivity contribution in [3.63, 3.8) is 0 Å². The van der Waals surface area contributed by atoms with Crippen LogP contribution in [0.4, 0.5) is 0 Å². The van der Waals surface area contributed by atoms with Gasteiger partial charge in [0.05, 0.1) is 12.1 Å². The number of amides is 2. The third-order valence-corrected chi connectivity index (χ3v) is 4.14. The molecule has 0 unspecified atom stereocenters. The standard InChI is InChI=1S/C16H25N3O5/c1-3-6-19(8-10-4-5-10)15(21)14-13(18-9(2)20)11(17)7-12(24-14)16(22)23/h7,10-11,13-14H,3-6,8,17H2,1-2H3,(H,18,20)(H,22,23)/t11-,13+,14+/m0/s1. The second kappa shape index (κ2) is 7.65. The van der Waals surface area contributed by atoms with Crippen LogP contribution in [0.2, 0.25) is 0 Å². The van der Waals surface area contributed by atoms with Crippen LogP contribution in [-0.2, 0) is 19.1 Å². The Kier molecular flexibility index (Phi) is 5.82. The number of ether oxygens (including phenoxy) is 1. The summed E-state index contributed by atoms with van der Waals surface area (Å²) in [5.41, 5.74) is 5.97. The highest BCUT2D eigenvalue weighted by atomic mass is 16.5. The van der Waals surface area contributed by atoms with Crippen LogP contribution in [0.25, 0.3) is 0 Å². The van der Waals surface area contributed by atoms with E-state index in [-0.39, 0.29) is 17.6 Å². The van der Waals surface area contributed by atoms with Gasteiger partial charge in [0.25, 0.3) is 5.91 Å². The molecule has 3 atom stereocenters. The molecule has 0 aromatic heterocycles. The van der Waals surface area contributed by atoms with E-state index in [0.29, 0.717) is 19.0 Å². The zero-order valence-electron chi connectivity index (χ0n) is 14.0. The van der Waals surface area contributed by atoms with Crippen molar-refractivity contribution in [1.82, 2.24) is 10.2 Å². The van der Waals surface area contributed by atoms with Crippen LogP contribution in [0.5, 0.6) is 0 Å². The Morgan fingerprint density at radius 1 is 1.42 bits per heavy atom. The van der Waals surface area contributed by atoms with E-state index < -0.39 is 24.2 Å². The second-order valence-electron chi connectivity index (χ2n) is 6.41. The van der Waals surface area contributed by atoms with Gasteiger partial charge in [0.15, 0.2) is 6.10 Å². The number of aliphatic carboxylic acids is 1. The van der Waals surface area contributed by atoms with Gasteiger partial charge in [0.2, 0.25) is 11.7 Å². The van der Waals surface area contributed by atoms with Crippen molar-refractivity contribution < 1.29 is 24.2 Å². The number of rotatable bonds is 7. The van der Waals surface area contributed by atoms with Crippen LogP contribution in [0.15, 0.2) is 11.8 Å². The zero-order chi connectivity index (χ0) is 17.9. The summed E-state index contributed by atoms with van der Waals surface area (Å²) in [5, 5.41) is 11.8. The molecule has 8 nitrogen and oxygen atoms in total. The fourth-order valence-electron chi connectivity index (χ4n) is 2.82. The van der Waals surface area contributed by atoms with E-state index in [2.05, 4.69) is 5.32 Å². The van der Waals surface area contributed by atoms with Crippen LogP contribution in [0.3, 0.4) is 0 Å². The van der Waals surface area contributed by atoms with E-state index in [1.54, 1.807) is 4.90 Å². The number of carbonyl (C=O) groups is 3. The van der Waals surface area contributed by atoms with E-state index in [1.165, 1.54) is 13.0 Å². The molecule has 0 aromatic rings. The Balaban J connectivity index is 2.22. The molecule has 2 aliphatic rings. The van der Waals surface area contributed by atoms with Crippen LogP contribution >= 0.6 is 0 Å². The molecule has 1 aliphatic heterocycles. The Morgan fingerprint density at radius 3 is 2.58 bits per heavy atom. The van der Waals surface area contributed by atoms with Gasteiger partial charge in [0, 0.05) is 20.0 Å². The molecule has 134 valence electrons. The Hall–Kier alpha value is -2.09. The molecule has 1 heterocycles. The molecular weight excluding hydrogens is 314 g/mol. The maximum atomic E-state index is 12.9. The second-order valence-corrected chi connectivity index (χ2v) is 6.41. The van der Waals surface area contributed by atoms with Gasteiger partial charge in [0.1, 0.15) is 0 Å². The van der Waals surface area contributed by atoms with Crippen LogP contribution in [0.1, 0.15) is 33.1 Å². The van der Waals surface area contributed by atoms with Gasteiger partial charge in [-0.3, -0.25) is 9.59 Å². The quantitative estimate of drug-likeness (QED) is 0.592. The van der Waals surface area contributed by atoms with Crippen molar-refractivity contribution >= 4 is 17.8 Å². The molecule has 4 N–H and O–H groups in total. The molecule has 2 amide bonds. The number of nitrogens with zero attached hydrogens (tertiary/aromatic N) is 1. The maximum Gasteiger partial charge on any atom is 0.370 e. The summed E-state index contributed by atoms with van der Waals surface area (Å²) in [5.74, 6) is -1.83. The van der Waals surface area contributed by atoms with E-state index in [4.69, 9.17) is 15.6 Å². The summed E-state index contributed by atoms with van der Waals surface area (Å²) in [6.45, 7) is 4.47. The highest BCUT2D eigenvalue weighted by molar-refractivity contribution is 5.88. The third-order valence-electron chi connectivity index (χ3n) is 4.14. The minimum absolute atomic E-state index is 0.329. The van der Waals surface area contributed by atoms with Crippen LogP contribution in [-0.4, -0.2) is 59.1 Å². The number of carbonyl (C=O) groups excluding carboxylic acids is 2. The lowest BCUT2D eigenvalue weighted by Gasteiger charge is -2.37. The van der Waals surface area contributed by atoms with Gasteiger partial charge >= 0.3 is 5.97 Å². The minimum atomic E-state index is -1.28. The average molecular weight is 339 g/mol. The van der Waals surface area contributed by atoms with Crippen molar-refractivity contribution in [2.24, 2.45) is 11.7 Å². The number of carboxylic acids is 1. The summed E-state index contributed by atoms with van der Waals surface area (Å²) in [7, 11) is 0. The lowest BCUT2D eigenvalue weighted by atomic mass is 9.97. The molecule has 1 fully saturated rings. The van der Waals surface area contributed by atoms with Gasteiger partial charge in [-0.1, -0.05) is 6.92 Å². The number of hydrogen-bond acceptors (Lipinski definition) is 5. The number of hydrogen-bond donors (Lipinski definition) is 3. The SMILES string of the molecule is CCCN(CC1CC1)C(=O)[C@@H]1OC(C(=O)O)=C[C@H](N)[C@H]1NC(C)=O. The molecule has 0 bridgehead atoms. The van der Waals surface area contributed by atoms with Crippen molar-refractivity contribution in [1.29, 1.82) is 0 Å². The molecule has 1 aliphatic carbocycles. The first-order valence-electron chi connectivity index (χ1n) is 8.26. The topological polar surface area (TPSA) is 122 Å². The maximum absolute atomic E-state index is 12.9.